The van der Waals surface area contributed by atoms with Gasteiger partial charge in [0.15, 0.2) is 0 Å². The minimum absolute atomic E-state index is 0.0126. The van der Waals surface area contributed by atoms with E-state index in [0.717, 1.165) is 185 Å². The number of esters is 2. The molecule has 3 aromatic heterocycles. The molecule has 0 bridgehead atoms. The second-order valence-corrected chi connectivity index (χ2v) is 43.9. The van der Waals surface area contributed by atoms with Crippen molar-refractivity contribution in [2.24, 2.45) is 132 Å². The van der Waals surface area contributed by atoms with Crippen molar-refractivity contribution in [3.8, 4) is 0 Å². The Morgan fingerprint density at radius 2 is 0.719 bits per heavy atom. The molecule has 16 nitrogen and oxygen atoms in total. The Morgan fingerprint density at radius 1 is 0.421 bits per heavy atom. The van der Waals surface area contributed by atoms with Gasteiger partial charge in [-0.3, -0.25) is 27.8 Å². The van der Waals surface area contributed by atoms with Crippen LogP contribution in [0, 0.1) is 132 Å². The van der Waals surface area contributed by atoms with Crippen LogP contribution in [-0.4, -0.2) is 108 Å². The molecule has 17 heteroatoms. The topological polar surface area (TPSA) is 210 Å². The van der Waals surface area contributed by atoms with Crippen molar-refractivity contribution in [1.29, 1.82) is 0 Å². The van der Waals surface area contributed by atoms with Gasteiger partial charge in [-0.25, -0.2) is 0 Å². The summed E-state index contributed by atoms with van der Waals surface area (Å²) in [7, 11) is -3.43. The summed E-state index contributed by atoms with van der Waals surface area (Å²) >= 11 is 0. The SMILES string of the molecule is C=C1CC[C@H]2[C@H](O)[C@@H]([C@@]3(C)CC[C@H](C)C[C@@H]3CCn3cccn3)CC[C@]12C.C=C1CC[C@H]2[C@H](O)[C@@H]([C@@]3(C)CC[C@H](O)C[C@@H]3CCn3cccn3)CC[C@]12C.C=C1CC[C@H]2[C@H](OC(C)=O)[C@@H]([C@@]3(C)CC[C@H](C)C[C@@H]3CCOS(C)(=O)=O)CC[C@]12C.C=C1CC[C@H]2[C@H](OC(C)=O)[C@@H]([C@@]3(C)CC[C@H](C)C[C@@H]3CCn3cccn3)CC[C@]12C. The number of aromatic nitrogens is 6. The predicted octanol–water partition coefficient (Wildman–Crippen LogP) is 20.8. The van der Waals surface area contributed by atoms with Gasteiger partial charge in [-0.05, 0) is 313 Å². The summed E-state index contributed by atoms with van der Waals surface area (Å²) in [5.74, 6) is 7.04. The number of nitrogens with zero attached hydrogens (tertiary/aromatic N) is 6. The van der Waals surface area contributed by atoms with Crippen LogP contribution in [0.4, 0.5) is 0 Å². The fourth-order valence-electron chi connectivity index (χ4n) is 28.1. The lowest BCUT2D eigenvalue weighted by Gasteiger charge is -2.56. The summed E-state index contributed by atoms with van der Waals surface area (Å²) in [5.41, 5.74) is 6.51. The molecule has 0 unspecified atom stereocenters. The van der Waals surface area contributed by atoms with Crippen LogP contribution < -0.4 is 0 Å². The van der Waals surface area contributed by atoms with E-state index in [9.17, 15) is 33.3 Å². The van der Waals surface area contributed by atoms with Crippen LogP contribution >= 0.6 is 0 Å². The van der Waals surface area contributed by atoms with Gasteiger partial charge >= 0.3 is 11.9 Å². The zero-order chi connectivity index (χ0) is 82.3. The van der Waals surface area contributed by atoms with E-state index in [1.807, 2.05) is 47.7 Å². The van der Waals surface area contributed by atoms with Gasteiger partial charge in [0.1, 0.15) is 12.2 Å². The van der Waals surface area contributed by atoms with Gasteiger partial charge in [0.2, 0.25) is 0 Å². The van der Waals surface area contributed by atoms with E-state index in [-0.39, 0.29) is 92.4 Å². The Labute approximate surface area is 689 Å². The fourth-order valence-corrected chi connectivity index (χ4v) is 28.5. The molecule has 3 N–H and O–H groups in total. The molecule has 0 aromatic carbocycles. The van der Waals surface area contributed by atoms with E-state index in [1.54, 1.807) is 6.92 Å². The number of allylic oxidation sites excluding steroid dienone is 4. The number of aryl methyl sites for hydroxylation is 3. The average Bonchev–Trinajstić information content (AvgIpc) is 1.46. The number of aliphatic hydroxyl groups is 3. The predicted molar refractivity (Wildman–Crippen MR) is 455 cm³/mol. The number of hydrogen-bond donors (Lipinski definition) is 3. The zero-order valence-corrected chi connectivity index (χ0v) is 74.1. The van der Waals surface area contributed by atoms with Crippen LogP contribution in [0.1, 0.15) is 295 Å². The molecule has 0 spiro atoms. The van der Waals surface area contributed by atoms with Crippen LogP contribution in [-0.2, 0) is 53.0 Å². The van der Waals surface area contributed by atoms with Crippen molar-refractivity contribution in [2.45, 2.75) is 346 Å². The highest BCUT2D eigenvalue weighted by molar-refractivity contribution is 7.86. The van der Waals surface area contributed by atoms with Gasteiger partial charge in [0.25, 0.3) is 10.1 Å². The lowest BCUT2D eigenvalue weighted by molar-refractivity contribution is -0.173. The first-order valence-corrected chi connectivity index (χ1v) is 47.5. The molecule has 12 aliphatic rings. The van der Waals surface area contributed by atoms with Gasteiger partial charge in [0, 0.05) is 94.3 Å². The third-order valence-electron chi connectivity index (χ3n) is 36.1. The largest absolute Gasteiger partial charge is 0.462 e. The number of carbonyl (C=O) groups is 2. The Balaban J connectivity index is 0.000000141. The van der Waals surface area contributed by atoms with Crippen LogP contribution in [0.2, 0.25) is 0 Å². The minimum Gasteiger partial charge on any atom is -0.462 e. The molecule has 0 aliphatic heterocycles. The first kappa shape index (κ1) is 88.6. The van der Waals surface area contributed by atoms with Crippen LogP contribution in [0.3, 0.4) is 0 Å². The maximum atomic E-state index is 12.2. The number of hydrogen-bond acceptors (Lipinski definition) is 13. The molecular formula is C97H154N6O10S. The molecule has 12 aliphatic carbocycles. The smallest absolute Gasteiger partial charge is 0.302 e. The van der Waals surface area contributed by atoms with E-state index >= 15 is 0 Å². The molecule has 28 atom stereocenters. The van der Waals surface area contributed by atoms with Crippen LogP contribution in [0.15, 0.2) is 104 Å². The lowest BCUT2D eigenvalue weighted by atomic mass is 9.51. The number of fused-ring (bicyclic) bond motifs is 4. The molecule has 3 heterocycles. The van der Waals surface area contributed by atoms with E-state index in [4.69, 9.17) is 13.7 Å². The summed E-state index contributed by atoms with van der Waals surface area (Å²) in [6, 6.07) is 5.99. The highest BCUT2D eigenvalue weighted by Gasteiger charge is 2.63. The second kappa shape index (κ2) is 35.6. The van der Waals surface area contributed by atoms with E-state index in [1.165, 1.54) is 87.0 Å². The summed E-state index contributed by atoms with van der Waals surface area (Å²) in [5, 5.41) is 46.5. The average molecular weight is 1600 g/mol. The number of aliphatic hydroxyl groups excluding tert-OH is 3. The molecule has 15 rings (SSSR count). The van der Waals surface area contributed by atoms with Gasteiger partial charge in [0.05, 0.1) is 31.2 Å². The molecule has 12 fully saturated rings. The molecule has 12 saturated carbocycles. The van der Waals surface area contributed by atoms with Crippen molar-refractivity contribution in [3.63, 3.8) is 0 Å². The third-order valence-corrected chi connectivity index (χ3v) is 36.7. The van der Waals surface area contributed by atoms with E-state index < -0.39 is 10.1 Å². The van der Waals surface area contributed by atoms with Crippen molar-refractivity contribution in [1.82, 2.24) is 29.3 Å². The zero-order valence-electron chi connectivity index (χ0n) is 73.3. The molecular weight excluding hydrogens is 1440 g/mol. The van der Waals surface area contributed by atoms with Crippen LogP contribution in [0.25, 0.3) is 0 Å². The quantitative estimate of drug-likeness (QED) is 0.0580. The highest BCUT2D eigenvalue weighted by atomic mass is 32.2. The van der Waals surface area contributed by atoms with Crippen molar-refractivity contribution in [3.05, 3.63) is 104 Å². The normalized spacial score (nSPS) is 43.3. The fraction of sp³-hybridized carbons (Fsp3) is 0.804. The second-order valence-electron chi connectivity index (χ2n) is 42.2. The van der Waals surface area contributed by atoms with Gasteiger partial charge in [-0.15, -0.1) is 0 Å². The Morgan fingerprint density at radius 3 is 1.04 bits per heavy atom. The van der Waals surface area contributed by atoms with E-state index in [0.29, 0.717) is 76.9 Å². The van der Waals surface area contributed by atoms with Crippen molar-refractivity contribution < 1.29 is 47.0 Å². The summed E-state index contributed by atoms with van der Waals surface area (Å²) in [6.45, 7) is 49.9. The first-order valence-electron chi connectivity index (χ1n) is 45.7. The maximum absolute atomic E-state index is 12.2. The molecule has 638 valence electrons. The van der Waals surface area contributed by atoms with Gasteiger partial charge < -0.3 is 24.8 Å². The van der Waals surface area contributed by atoms with Crippen molar-refractivity contribution in [2.75, 3.05) is 12.9 Å². The molecule has 0 saturated heterocycles. The molecule has 114 heavy (non-hydrogen) atoms. The number of rotatable bonds is 19. The summed E-state index contributed by atoms with van der Waals surface area (Å²) < 4.78 is 46.5. The lowest BCUT2D eigenvalue weighted by Crippen LogP contribution is -2.53. The molecule has 0 amide bonds. The monoisotopic (exact) mass is 1600 g/mol. The maximum Gasteiger partial charge on any atom is 0.302 e. The van der Waals surface area contributed by atoms with Gasteiger partial charge in [-0.1, -0.05) is 144 Å². The number of carbonyl (C=O) groups excluding carboxylic acids is 2. The van der Waals surface area contributed by atoms with E-state index in [2.05, 4.69) is 140 Å². The Hall–Kier alpha value is -4.68. The third kappa shape index (κ3) is 18.2. The summed E-state index contributed by atoms with van der Waals surface area (Å²) in [6.07, 6.45) is 47.8. The van der Waals surface area contributed by atoms with Crippen molar-refractivity contribution >= 4 is 22.1 Å². The Bertz CT molecular complexity index is 3760. The molecule has 3 aromatic rings. The van der Waals surface area contributed by atoms with Crippen LogP contribution in [0.5, 0.6) is 0 Å². The highest BCUT2D eigenvalue weighted by Crippen LogP contribution is 2.68. The summed E-state index contributed by atoms with van der Waals surface area (Å²) in [4.78, 5) is 24.3. The number of ether oxygens (including phenoxy) is 2. The molecule has 0 radical (unpaired) electrons. The first-order chi connectivity index (χ1) is 53.8. The Kier molecular flexibility index (Phi) is 27.6. The standard InChI is InChI=1S/C26H40N2O2.C24H38N2O.C24H40O5S.C23H36N2O2/c1-18-9-12-26(5,21(17-18)11-16-28-15-6-14-27-28)23-10-13-25(4)19(2)7-8-22(25)24(23)30-20(3)29;1-17-8-11-24(4,19(16-17)10-15-26-14-5-13-25-26)21-9-12-23(3)18(2)6-7-20(23)22(21)27;1-16-9-12-24(5,19(15-16)11-14-28-30(6,26)27)21-10-13-23(4)17(2)7-8-20(23)22(21)29-18(3)25;1-16-5-6-19-21(27)20(8-11-22(16,19)2)23(3)10-7-18(26)15-17(23)9-14-25-13-4-12-24-25/h6,14-15,18,21-24H,2,7-13,16-17H2,1,3-5H3;5,13-14,17,19-22,27H,2,6-12,15-16H2,1,3-4H3;16,19-22H,2,7-15H2,1,3-6H3;4,12-13,17-21,26-27H,1,5-11,14-15H2,2-3H3/t18-,21-,22-,23-,24-,25+,26-;17-,19-,20-,21-,22-,23+,24-;16-,19-,20-,21-,22-,23+,24-;17-,18-,19-,20-,21-,22+,23-/m0000/s1. The minimum atomic E-state index is -3.43. The van der Waals surface area contributed by atoms with Gasteiger partial charge in [-0.2, -0.15) is 23.7 Å².